The standard InChI is InChI=1S/C19H20N4O2/c1-25-18(15-7-3-2-4-8-15)19(24)21-17-11-14-23(22-17)13-10-16-9-5-6-12-20-16/h2-9,11-12,14,18H,10,13H2,1H3,(H,21,22,24)/t18-/m0/s1. The first kappa shape index (κ1) is 16.9. The van der Waals surface area contributed by atoms with Gasteiger partial charge in [0.25, 0.3) is 5.91 Å². The quantitative estimate of drug-likeness (QED) is 0.720. The van der Waals surface area contributed by atoms with Gasteiger partial charge in [-0.1, -0.05) is 36.4 Å². The largest absolute Gasteiger partial charge is 0.367 e. The van der Waals surface area contributed by atoms with Gasteiger partial charge in [-0.25, -0.2) is 0 Å². The zero-order valence-electron chi connectivity index (χ0n) is 14.0. The maximum atomic E-state index is 12.4. The highest BCUT2D eigenvalue weighted by atomic mass is 16.5. The summed E-state index contributed by atoms with van der Waals surface area (Å²) < 4.78 is 7.11. The number of carbonyl (C=O) groups excluding carboxylic acids is 1. The number of pyridine rings is 1. The highest BCUT2D eigenvalue weighted by Crippen LogP contribution is 2.18. The number of aromatic nitrogens is 3. The first-order valence-electron chi connectivity index (χ1n) is 8.08. The summed E-state index contributed by atoms with van der Waals surface area (Å²) in [6.07, 6.45) is 3.72. The van der Waals surface area contributed by atoms with E-state index in [2.05, 4.69) is 15.4 Å². The molecular weight excluding hydrogens is 316 g/mol. The van der Waals surface area contributed by atoms with Crippen LogP contribution in [0.2, 0.25) is 0 Å². The predicted molar refractivity (Wildman–Crippen MR) is 95.0 cm³/mol. The lowest BCUT2D eigenvalue weighted by molar-refractivity contribution is -0.126. The van der Waals surface area contributed by atoms with Gasteiger partial charge in [0.05, 0.1) is 0 Å². The molecule has 1 N–H and O–H groups in total. The van der Waals surface area contributed by atoms with Crippen LogP contribution in [0.3, 0.4) is 0 Å². The van der Waals surface area contributed by atoms with Crippen LogP contribution in [-0.2, 0) is 22.5 Å². The summed E-state index contributed by atoms with van der Waals surface area (Å²) in [5.41, 5.74) is 1.81. The summed E-state index contributed by atoms with van der Waals surface area (Å²) in [6.45, 7) is 0.694. The molecule has 2 aromatic heterocycles. The van der Waals surface area contributed by atoms with E-state index in [1.54, 1.807) is 16.9 Å². The van der Waals surface area contributed by atoms with Crippen molar-refractivity contribution in [3.8, 4) is 0 Å². The van der Waals surface area contributed by atoms with Crippen molar-refractivity contribution in [2.75, 3.05) is 12.4 Å². The third-order valence-electron chi connectivity index (χ3n) is 3.79. The third kappa shape index (κ3) is 4.51. The molecule has 0 aliphatic rings. The minimum Gasteiger partial charge on any atom is -0.367 e. The molecule has 1 amide bonds. The molecule has 25 heavy (non-hydrogen) atoms. The molecule has 2 heterocycles. The van der Waals surface area contributed by atoms with Gasteiger partial charge in [-0.15, -0.1) is 0 Å². The van der Waals surface area contributed by atoms with Crippen LogP contribution >= 0.6 is 0 Å². The van der Waals surface area contributed by atoms with Crippen LogP contribution in [0, 0.1) is 0 Å². The normalized spacial score (nSPS) is 11.9. The zero-order valence-corrected chi connectivity index (χ0v) is 14.0. The van der Waals surface area contributed by atoms with Crippen LogP contribution in [0.15, 0.2) is 67.0 Å². The van der Waals surface area contributed by atoms with Gasteiger partial charge >= 0.3 is 0 Å². The van der Waals surface area contributed by atoms with Crippen molar-refractivity contribution in [2.24, 2.45) is 0 Å². The molecule has 0 radical (unpaired) electrons. The number of benzene rings is 1. The molecule has 6 nitrogen and oxygen atoms in total. The molecule has 3 aromatic rings. The zero-order chi connectivity index (χ0) is 17.5. The van der Waals surface area contributed by atoms with Gasteiger partial charge in [0.15, 0.2) is 11.9 Å². The van der Waals surface area contributed by atoms with E-state index in [1.807, 2.05) is 54.7 Å². The molecule has 128 valence electrons. The van der Waals surface area contributed by atoms with Crippen LogP contribution in [0.4, 0.5) is 5.82 Å². The number of nitrogens with one attached hydrogen (secondary N) is 1. The highest BCUT2D eigenvalue weighted by molar-refractivity contribution is 5.94. The molecule has 0 aliphatic carbocycles. The second-order valence-electron chi connectivity index (χ2n) is 5.55. The summed E-state index contributed by atoms with van der Waals surface area (Å²) in [5.74, 6) is 0.257. The summed E-state index contributed by atoms with van der Waals surface area (Å²) >= 11 is 0. The van der Waals surface area contributed by atoms with E-state index in [4.69, 9.17) is 4.74 Å². The van der Waals surface area contributed by atoms with Crippen molar-refractivity contribution in [1.29, 1.82) is 0 Å². The Bertz CT molecular complexity index is 803. The number of anilines is 1. The number of methoxy groups -OCH3 is 1. The second-order valence-corrected chi connectivity index (χ2v) is 5.55. The van der Waals surface area contributed by atoms with Gasteiger partial charge in [-0.3, -0.25) is 14.5 Å². The van der Waals surface area contributed by atoms with Crippen LogP contribution in [0.5, 0.6) is 0 Å². The number of hydrogen-bond donors (Lipinski definition) is 1. The van der Waals surface area contributed by atoms with Gasteiger partial charge in [-0.05, 0) is 17.7 Å². The predicted octanol–water partition coefficient (Wildman–Crippen LogP) is 2.85. The number of aryl methyl sites for hydroxylation is 2. The van der Waals surface area contributed by atoms with Gasteiger partial charge in [0, 0.05) is 44.2 Å². The molecule has 0 spiro atoms. The van der Waals surface area contributed by atoms with E-state index in [0.29, 0.717) is 12.4 Å². The number of rotatable bonds is 7. The fourth-order valence-corrected chi connectivity index (χ4v) is 2.54. The molecule has 6 heteroatoms. The first-order valence-corrected chi connectivity index (χ1v) is 8.08. The molecule has 0 unspecified atom stereocenters. The Balaban J connectivity index is 1.59. The number of carbonyl (C=O) groups is 1. The number of hydrogen-bond acceptors (Lipinski definition) is 4. The SMILES string of the molecule is CO[C@H](C(=O)Nc1ccn(CCc2ccccn2)n1)c1ccccc1. The molecular formula is C19H20N4O2. The Morgan fingerprint density at radius 2 is 1.96 bits per heavy atom. The molecule has 0 saturated carbocycles. The lowest BCUT2D eigenvalue weighted by atomic mass is 10.1. The maximum absolute atomic E-state index is 12.4. The smallest absolute Gasteiger partial charge is 0.259 e. The average molecular weight is 336 g/mol. The van der Waals surface area contributed by atoms with E-state index >= 15 is 0 Å². The Labute approximate surface area is 146 Å². The van der Waals surface area contributed by atoms with Gasteiger partial charge in [-0.2, -0.15) is 5.10 Å². The fourth-order valence-electron chi connectivity index (χ4n) is 2.54. The van der Waals surface area contributed by atoms with Crippen LogP contribution in [-0.4, -0.2) is 27.8 Å². The van der Waals surface area contributed by atoms with E-state index in [9.17, 15) is 4.79 Å². The van der Waals surface area contributed by atoms with Crippen molar-refractivity contribution in [3.05, 3.63) is 78.2 Å². The molecule has 0 saturated heterocycles. The molecule has 0 bridgehead atoms. The highest BCUT2D eigenvalue weighted by Gasteiger charge is 2.20. The van der Waals surface area contributed by atoms with Crippen molar-refractivity contribution in [3.63, 3.8) is 0 Å². The third-order valence-corrected chi connectivity index (χ3v) is 3.79. The summed E-state index contributed by atoms with van der Waals surface area (Å²) in [7, 11) is 1.52. The monoisotopic (exact) mass is 336 g/mol. The number of nitrogens with zero attached hydrogens (tertiary/aromatic N) is 3. The van der Waals surface area contributed by atoms with Crippen LogP contribution in [0.25, 0.3) is 0 Å². The van der Waals surface area contributed by atoms with Gasteiger partial charge in [0.2, 0.25) is 0 Å². The Hall–Kier alpha value is -2.99. The molecule has 1 aromatic carbocycles. The van der Waals surface area contributed by atoms with Gasteiger partial charge < -0.3 is 10.1 Å². The minimum absolute atomic E-state index is 0.247. The molecule has 1 atom stereocenters. The van der Waals surface area contributed by atoms with E-state index in [0.717, 1.165) is 17.7 Å². The van der Waals surface area contributed by atoms with Crippen LogP contribution in [0.1, 0.15) is 17.4 Å². The van der Waals surface area contributed by atoms with Crippen LogP contribution < -0.4 is 5.32 Å². The lowest BCUT2D eigenvalue weighted by Gasteiger charge is -2.14. The fraction of sp³-hybridized carbons (Fsp3) is 0.211. The number of ether oxygens (including phenoxy) is 1. The second kappa shape index (κ2) is 8.21. The Morgan fingerprint density at radius 1 is 1.16 bits per heavy atom. The molecule has 0 fully saturated rings. The lowest BCUT2D eigenvalue weighted by Crippen LogP contribution is -2.23. The van der Waals surface area contributed by atoms with Crippen molar-refractivity contribution in [2.45, 2.75) is 19.1 Å². The van der Waals surface area contributed by atoms with E-state index in [1.165, 1.54) is 7.11 Å². The maximum Gasteiger partial charge on any atom is 0.259 e. The first-order chi connectivity index (χ1) is 12.3. The Kier molecular flexibility index (Phi) is 5.53. The summed E-state index contributed by atoms with van der Waals surface area (Å²) in [6, 6.07) is 17.0. The van der Waals surface area contributed by atoms with Crippen molar-refractivity contribution < 1.29 is 9.53 Å². The molecule has 3 rings (SSSR count). The average Bonchev–Trinajstić information content (AvgIpc) is 3.10. The summed E-state index contributed by atoms with van der Waals surface area (Å²) in [4.78, 5) is 16.7. The van der Waals surface area contributed by atoms with E-state index in [-0.39, 0.29) is 5.91 Å². The molecule has 0 aliphatic heterocycles. The van der Waals surface area contributed by atoms with Crippen molar-refractivity contribution >= 4 is 11.7 Å². The minimum atomic E-state index is -0.667. The van der Waals surface area contributed by atoms with E-state index < -0.39 is 6.10 Å². The van der Waals surface area contributed by atoms with Crippen molar-refractivity contribution in [1.82, 2.24) is 14.8 Å². The summed E-state index contributed by atoms with van der Waals surface area (Å²) in [5, 5.41) is 7.18. The van der Waals surface area contributed by atoms with Gasteiger partial charge in [0.1, 0.15) is 0 Å². The topological polar surface area (TPSA) is 69.0 Å². The Morgan fingerprint density at radius 3 is 2.68 bits per heavy atom. The number of amides is 1.